The van der Waals surface area contributed by atoms with Crippen LogP contribution in [0.5, 0.6) is 0 Å². The minimum atomic E-state index is 0.560. The van der Waals surface area contributed by atoms with Crippen LogP contribution in [-0.2, 0) is 0 Å². The molecule has 0 fully saturated rings. The molecule has 0 amide bonds. The fourth-order valence-corrected chi connectivity index (χ4v) is 1.41. The first-order chi connectivity index (χ1) is 6.84. The topological polar surface area (TPSA) is 37.8 Å². The van der Waals surface area contributed by atoms with Crippen molar-refractivity contribution in [1.82, 2.24) is 9.97 Å². The molecule has 0 saturated carbocycles. The van der Waals surface area contributed by atoms with E-state index in [0.29, 0.717) is 10.8 Å². The van der Waals surface area contributed by atoms with E-state index in [9.17, 15) is 0 Å². The Kier molecular flexibility index (Phi) is 5.64. The second-order valence-corrected chi connectivity index (χ2v) is 3.68. The summed E-state index contributed by atoms with van der Waals surface area (Å²) in [6.45, 7) is 0.869. The first-order valence-electron chi connectivity index (χ1n) is 4.60. The highest BCUT2D eigenvalue weighted by molar-refractivity contribution is 6.32. The van der Waals surface area contributed by atoms with Gasteiger partial charge < -0.3 is 5.32 Å². The van der Waals surface area contributed by atoms with Gasteiger partial charge in [0.15, 0.2) is 0 Å². The predicted octanol–water partition coefficient (Wildman–Crippen LogP) is 2.95. The molecule has 0 aliphatic carbocycles. The lowest BCUT2D eigenvalue weighted by molar-refractivity contribution is 0.745. The van der Waals surface area contributed by atoms with Crippen LogP contribution in [0, 0.1) is 0 Å². The molecule has 1 aromatic heterocycles. The smallest absolute Gasteiger partial charge is 0.148 e. The van der Waals surface area contributed by atoms with Gasteiger partial charge in [0.1, 0.15) is 17.2 Å². The van der Waals surface area contributed by atoms with Crippen molar-refractivity contribution in [3.63, 3.8) is 0 Å². The van der Waals surface area contributed by atoms with Crippen LogP contribution >= 0.6 is 23.2 Å². The van der Waals surface area contributed by atoms with Crippen molar-refractivity contribution in [2.75, 3.05) is 17.7 Å². The molecular formula is C9H13Cl2N3. The fraction of sp³-hybridized carbons (Fsp3) is 0.556. The van der Waals surface area contributed by atoms with Crippen molar-refractivity contribution >= 4 is 29.0 Å². The quantitative estimate of drug-likeness (QED) is 0.607. The van der Waals surface area contributed by atoms with Crippen LogP contribution in [0.15, 0.2) is 12.5 Å². The second kappa shape index (κ2) is 6.85. The molecule has 0 saturated heterocycles. The van der Waals surface area contributed by atoms with E-state index in [1.54, 1.807) is 6.20 Å². The maximum absolute atomic E-state index is 5.86. The summed E-state index contributed by atoms with van der Waals surface area (Å²) >= 11 is 11.4. The van der Waals surface area contributed by atoms with Gasteiger partial charge >= 0.3 is 0 Å². The molecule has 1 aromatic rings. The number of nitrogens with zero attached hydrogens (tertiary/aromatic N) is 2. The summed E-state index contributed by atoms with van der Waals surface area (Å²) in [6.07, 6.45) is 6.32. The Bertz CT molecular complexity index is 268. The van der Waals surface area contributed by atoms with Crippen molar-refractivity contribution in [2.45, 2.75) is 19.3 Å². The standard InChI is InChI=1S/C9H13Cl2N3/c10-4-2-1-3-5-13-9-8(11)6-12-7-14-9/h6-7H,1-5H2,(H,12,13,14). The molecule has 1 N–H and O–H groups in total. The van der Waals surface area contributed by atoms with E-state index in [1.807, 2.05) is 0 Å². The maximum Gasteiger partial charge on any atom is 0.148 e. The van der Waals surface area contributed by atoms with Gasteiger partial charge in [-0.1, -0.05) is 18.0 Å². The van der Waals surface area contributed by atoms with Crippen LogP contribution < -0.4 is 5.32 Å². The van der Waals surface area contributed by atoms with Crippen LogP contribution in [0.1, 0.15) is 19.3 Å². The van der Waals surface area contributed by atoms with Crippen LogP contribution in [0.2, 0.25) is 5.02 Å². The summed E-state index contributed by atoms with van der Waals surface area (Å²) in [4.78, 5) is 7.82. The van der Waals surface area contributed by atoms with E-state index >= 15 is 0 Å². The van der Waals surface area contributed by atoms with E-state index < -0.39 is 0 Å². The summed E-state index contributed by atoms with van der Waals surface area (Å²) < 4.78 is 0. The molecule has 78 valence electrons. The molecule has 0 unspecified atom stereocenters. The Morgan fingerprint density at radius 2 is 2.14 bits per heavy atom. The lowest BCUT2D eigenvalue weighted by Gasteiger charge is -2.05. The number of anilines is 1. The third-order valence-corrected chi connectivity index (χ3v) is 2.31. The molecule has 0 radical (unpaired) electrons. The Morgan fingerprint density at radius 3 is 2.86 bits per heavy atom. The van der Waals surface area contributed by atoms with Gasteiger partial charge in [0.2, 0.25) is 0 Å². The van der Waals surface area contributed by atoms with Crippen molar-refractivity contribution in [3.05, 3.63) is 17.5 Å². The highest BCUT2D eigenvalue weighted by atomic mass is 35.5. The molecule has 14 heavy (non-hydrogen) atoms. The predicted molar refractivity (Wildman–Crippen MR) is 60.1 cm³/mol. The number of hydrogen-bond donors (Lipinski definition) is 1. The Labute approximate surface area is 93.9 Å². The van der Waals surface area contributed by atoms with Gasteiger partial charge in [-0.15, -0.1) is 11.6 Å². The first kappa shape index (κ1) is 11.5. The number of nitrogens with one attached hydrogen (secondary N) is 1. The van der Waals surface area contributed by atoms with E-state index in [-0.39, 0.29) is 0 Å². The summed E-state index contributed by atoms with van der Waals surface area (Å²) in [5, 5.41) is 3.71. The zero-order chi connectivity index (χ0) is 10.2. The van der Waals surface area contributed by atoms with Crippen molar-refractivity contribution in [2.24, 2.45) is 0 Å². The van der Waals surface area contributed by atoms with Gasteiger partial charge in [0.05, 0.1) is 6.20 Å². The molecule has 0 bridgehead atoms. The molecule has 0 aromatic carbocycles. The van der Waals surface area contributed by atoms with Gasteiger partial charge in [0, 0.05) is 12.4 Å². The van der Waals surface area contributed by atoms with E-state index in [0.717, 1.165) is 31.7 Å². The molecule has 3 nitrogen and oxygen atoms in total. The van der Waals surface area contributed by atoms with Gasteiger partial charge in [-0.25, -0.2) is 9.97 Å². The van der Waals surface area contributed by atoms with E-state index in [1.165, 1.54) is 6.33 Å². The molecule has 0 aliphatic heterocycles. The summed E-state index contributed by atoms with van der Waals surface area (Å²) in [5.41, 5.74) is 0. The zero-order valence-electron chi connectivity index (χ0n) is 7.84. The third-order valence-electron chi connectivity index (χ3n) is 1.77. The number of alkyl halides is 1. The lowest BCUT2D eigenvalue weighted by atomic mass is 10.2. The molecule has 0 atom stereocenters. The van der Waals surface area contributed by atoms with Gasteiger partial charge in [-0.2, -0.15) is 0 Å². The summed E-state index contributed by atoms with van der Waals surface area (Å²) in [6, 6.07) is 0. The second-order valence-electron chi connectivity index (χ2n) is 2.90. The van der Waals surface area contributed by atoms with Crippen molar-refractivity contribution < 1.29 is 0 Å². The van der Waals surface area contributed by atoms with Crippen molar-refractivity contribution in [1.29, 1.82) is 0 Å². The Morgan fingerprint density at radius 1 is 1.29 bits per heavy atom. The monoisotopic (exact) mass is 233 g/mol. The van der Waals surface area contributed by atoms with Crippen LogP contribution in [0.25, 0.3) is 0 Å². The van der Waals surface area contributed by atoms with E-state index in [4.69, 9.17) is 23.2 Å². The van der Waals surface area contributed by atoms with E-state index in [2.05, 4.69) is 15.3 Å². The number of hydrogen-bond acceptors (Lipinski definition) is 3. The summed E-state index contributed by atoms with van der Waals surface area (Å²) in [7, 11) is 0. The molecular weight excluding hydrogens is 221 g/mol. The number of unbranched alkanes of at least 4 members (excludes halogenated alkanes) is 2. The first-order valence-corrected chi connectivity index (χ1v) is 5.51. The molecule has 1 rings (SSSR count). The van der Waals surface area contributed by atoms with Gasteiger partial charge in [-0.05, 0) is 12.8 Å². The maximum atomic E-state index is 5.86. The van der Waals surface area contributed by atoms with Gasteiger partial charge in [0.25, 0.3) is 0 Å². The Hall–Kier alpha value is -0.540. The summed E-state index contributed by atoms with van der Waals surface area (Å²) in [5.74, 6) is 1.43. The average Bonchev–Trinajstić information content (AvgIpc) is 2.20. The minimum Gasteiger partial charge on any atom is -0.369 e. The number of rotatable bonds is 6. The average molecular weight is 234 g/mol. The molecule has 0 aliphatic rings. The van der Waals surface area contributed by atoms with Crippen molar-refractivity contribution in [3.8, 4) is 0 Å². The SMILES string of the molecule is ClCCCCCNc1ncncc1Cl. The largest absolute Gasteiger partial charge is 0.369 e. The highest BCUT2D eigenvalue weighted by Crippen LogP contribution is 2.15. The zero-order valence-corrected chi connectivity index (χ0v) is 9.35. The van der Waals surface area contributed by atoms with Crippen LogP contribution in [0.4, 0.5) is 5.82 Å². The Balaban J connectivity index is 2.21. The van der Waals surface area contributed by atoms with Gasteiger partial charge in [-0.3, -0.25) is 0 Å². The van der Waals surface area contributed by atoms with Crippen LogP contribution in [0.3, 0.4) is 0 Å². The molecule has 5 heteroatoms. The molecule has 0 spiro atoms. The lowest BCUT2D eigenvalue weighted by Crippen LogP contribution is -2.04. The number of aromatic nitrogens is 2. The third kappa shape index (κ3) is 4.11. The number of halogens is 2. The normalized spacial score (nSPS) is 10.1. The highest BCUT2D eigenvalue weighted by Gasteiger charge is 1.98. The fourth-order valence-electron chi connectivity index (χ4n) is 1.05. The minimum absolute atomic E-state index is 0.560. The molecule has 1 heterocycles. The van der Waals surface area contributed by atoms with Crippen LogP contribution in [-0.4, -0.2) is 22.4 Å².